The Morgan fingerprint density at radius 3 is 2.93 bits per heavy atom. The Labute approximate surface area is 83.1 Å². The van der Waals surface area contributed by atoms with E-state index in [9.17, 15) is 0 Å². The molecule has 0 bridgehead atoms. The lowest BCUT2D eigenvalue weighted by Gasteiger charge is -2.18. The van der Waals surface area contributed by atoms with Crippen LogP contribution in [0.3, 0.4) is 0 Å². The quantitative estimate of drug-likeness (QED) is 0.724. The number of nitrogens with zero attached hydrogens (tertiary/aromatic N) is 2. The molecule has 3 N–H and O–H groups in total. The second-order valence-corrected chi connectivity index (χ2v) is 3.57. The van der Waals surface area contributed by atoms with Gasteiger partial charge in [0.2, 0.25) is 0 Å². The predicted molar refractivity (Wildman–Crippen MR) is 51.9 cm³/mol. The van der Waals surface area contributed by atoms with Crippen molar-refractivity contribution in [3.8, 4) is 0 Å². The molecule has 0 atom stereocenters. The molecule has 0 saturated carbocycles. The van der Waals surface area contributed by atoms with Gasteiger partial charge in [0.1, 0.15) is 5.82 Å². The van der Waals surface area contributed by atoms with Gasteiger partial charge in [-0.1, -0.05) is 0 Å². The normalized spacial score (nSPS) is 18.6. The maximum Gasteiger partial charge on any atom is 0.153 e. The Hall–Kier alpha value is -0.940. The molecule has 5 nitrogen and oxygen atoms in total. The van der Waals surface area contributed by atoms with Gasteiger partial charge in [0.15, 0.2) is 5.82 Å². The minimum absolute atomic E-state index is 0.464. The fraction of sp³-hybridized carbons (Fsp3) is 0.778. The van der Waals surface area contributed by atoms with E-state index < -0.39 is 0 Å². The third-order valence-electron chi connectivity index (χ3n) is 2.52. The van der Waals surface area contributed by atoms with Gasteiger partial charge in [-0.2, -0.15) is 5.10 Å². The summed E-state index contributed by atoms with van der Waals surface area (Å²) in [5, 5.41) is 7.13. The van der Waals surface area contributed by atoms with Crippen molar-refractivity contribution in [1.82, 2.24) is 15.2 Å². The lowest BCUT2D eigenvalue weighted by Crippen LogP contribution is -2.15. The highest BCUT2D eigenvalue weighted by molar-refractivity contribution is 4.99. The van der Waals surface area contributed by atoms with Crippen LogP contribution in [-0.2, 0) is 11.2 Å². The molecule has 0 unspecified atom stereocenters. The number of ether oxygens (including phenoxy) is 1. The molecule has 0 aromatic carbocycles. The lowest BCUT2D eigenvalue weighted by atomic mass is 10.00. The first-order valence-electron chi connectivity index (χ1n) is 5.09. The molecule has 1 saturated heterocycles. The molecule has 1 aromatic heterocycles. The van der Waals surface area contributed by atoms with E-state index in [2.05, 4.69) is 15.2 Å². The van der Waals surface area contributed by atoms with Gasteiger partial charge in [-0.05, 0) is 19.4 Å². The number of rotatable bonds is 3. The van der Waals surface area contributed by atoms with Gasteiger partial charge in [-0.3, -0.25) is 5.10 Å². The first-order chi connectivity index (χ1) is 6.90. The monoisotopic (exact) mass is 196 g/mol. The first-order valence-corrected chi connectivity index (χ1v) is 5.09. The SMILES string of the molecule is NCCc1nc(C2CCOCC2)n[nH]1. The van der Waals surface area contributed by atoms with E-state index in [1.54, 1.807) is 0 Å². The summed E-state index contributed by atoms with van der Waals surface area (Å²) in [5.41, 5.74) is 5.44. The summed E-state index contributed by atoms with van der Waals surface area (Å²) in [6, 6.07) is 0. The first kappa shape index (κ1) is 9.61. The molecule has 1 aliphatic rings. The van der Waals surface area contributed by atoms with Crippen molar-refractivity contribution in [2.75, 3.05) is 19.8 Å². The zero-order valence-electron chi connectivity index (χ0n) is 8.20. The summed E-state index contributed by atoms with van der Waals surface area (Å²) in [5.74, 6) is 2.29. The molecule has 5 heteroatoms. The Balaban J connectivity index is 2.00. The summed E-state index contributed by atoms with van der Waals surface area (Å²) < 4.78 is 5.29. The van der Waals surface area contributed by atoms with Crippen molar-refractivity contribution >= 4 is 0 Å². The second kappa shape index (κ2) is 4.52. The molecule has 0 aliphatic carbocycles. The van der Waals surface area contributed by atoms with Gasteiger partial charge < -0.3 is 10.5 Å². The number of aromatic nitrogens is 3. The molecular weight excluding hydrogens is 180 g/mol. The number of nitrogens with two attached hydrogens (primary N) is 1. The molecule has 0 radical (unpaired) electrons. The van der Waals surface area contributed by atoms with Crippen molar-refractivity contribution in [1.29, 1.82) is 0 Å². The van der Waals surface area contributed by atoms with E-state index in [-0.39, 0.29) is 0 Å². The molecule has 1 aromatic rings. The van der Waals surface area contributed by atoms with Crippen LogP contribution in [0.4, 0.5) is 0 Å². The minimum atomic E-state index is 0.464. The fourth-order valence-corrected chi connectivity index (χ4v) is 1.70. The van der Waals surface area contributed by atoms with E-state index in [0.717, 1.165) is 44.1 Å². The summed E-state index contributed by atoms with van der Waals surface area (Å²) in [4.78, 5) is 4.42. The van der Waals surface area contributed by atoms with E-state index in [0.29, 0.717) is 12.5 Å². The van der Waals surface area contributed by atoms with Crippen molar-refractivity contribution < 1.29 is 4.74 Å². The summed E-state index contributed by atoms with van der Waals surface area (Å²) in [7, 11) is 0. The average molecular weight is 196 g/mol. The molecule has 0 spiro atoms. The van der Waals surface area contributed by atoms with E-state index in [1.807, 2.05) is 0 Å². The topological polar surface area (TPSA) is 76.8 Å². The van der Waals surface area contributed by atoms with Gasteiger partial charge in [0.25, 0.3) is 0 Å². The Bertz CT molecular complexity index is 280. The van der Waals surface area contributed by atoms with Gasteiger partial charge in [-0.25, -0.2) is 4.98 Å². The standard InChI is InChI=1S/C9H16N4O/c10-4-1-8-11-9(13-12-8)7-2-5-14-6-3-7/h7H,1-6,10H2,(H,11,12,13). The predicted octanol–water partition coefficient (Wildman–Crippen LogP) is 0.200. The molecule has 2 heterocycles. The van der Waals surface area contributed by atoms with Crippen LogP contribution in [0.2, 0.25) is 0 Å². The number of H-pyrrole nitrogens is 1. The third kappa shape index (κ3) is 2.10. The van der Waals surface area contributed by atoms with E-state index >= 15 is 0 Å². The molecular formula is C9H16N4O. The van der Waals surface area contributed by atoms with Gasteiger partial charge in [-0.15, -0.1) is 0 Å². The average Bonchev–Trinajstić information content (AvgIpc) is 2.68. The lowest BCUT2D eigenvalue weighted by molar-refractivity contribution is 0.0836. The van der Waals surface area contributed by atoms with Crippen LogP contribution < -0.4 is 5.73 Å². The second-order valence-electron chi connectivity index (χ2n) is 3.57. The maximum absolute atomic E-state index is 5.44. The van der Waals surface area contributed by atoms with Gasteiger partial charge in [0.05, 0.1) is 0 Å². The number of hydrogen-bond acceptors (Lipinski definition) is 4. The Morgan fingerprint density at radius 2 is 2.21 bits per heavy atom. The van der Waals surface area contributed by atoms with Crippen LogP contribution in [0, 0.1) is 0 Å². The van der Waals surface area contributed by atoms with Crippen LogP contribution in [0.1, 0.15) is 30.4 Å². The molecule has 1 fully saturated rings. The summed E-state index contributed by atoms with van der Waals surface area (Å²) >= 11 is 0. The highest BCUT2D eigenvalue weighted by Crippen LogP contribution is 2.23. The van der Waals surface area contributed by atoms with Crippen LogP contribution in [0.5, 0.6) is 0 Å². The van der Waals surface area contributed by atoms with Crippen molar-refractivity contribution in [3.05, 3.63) is 11.6 Å². The molecule has 2 rings (SSSR count). The van der Waals surface area contributed by atoms with E-state index in [4.69, 9.17) is 10.5 Å². The number of nitrogens with one attached hydrogen (secondary N) is 1. The van der Waals surface area contributed by atoms with Gasteiger partial charge >= 0.3 is 0 Å². The highest BCUT2D eigenvalue weighted by Gasteiger charge is 2.19. The summed E-state index contributed by atoms with van der Waals surface area (Å²) in [6.07, 6.45) is 2.83. The van der Waals surface area contributed by atoms with Crippen molar-refractivity contribution in [2.24, 2.45) is 5.73 Å². The summed E-state index contributed by atoms with van der Waals surface area (Å²) in [6.45, 7) is 2.26. The molecule has 78 valence electrons. The van der Waals surface area contributed by atoms with Crippen LogP contribution in [-0.4, -0.2) is 34.9 Å². The highest BCUT2D eigenvalue weighted by atomic mass is 16.5. The van der Waals surface area contributed by atoms with Crippen molar-refractivity contribution in [2.45, 2.75) is 25.2 Å². The van der Waals surface area contributed by atoms with Crippen LogP contribution in [0.15, 0.2) is 0 Å². The van der Waals surface area contributed by atoms with E-state index in [1.165, 1.54) is 0 Å². The number of hydrogen-bond donors (Lipinski definition) is 2. The zero-order chi connectivity index (χ0) is 9.80. The fourth-order valence-electron chi connectivity index (χ4n) is 1.70. The molecule has 1 aliphatic heterocycles. The number of aromatic amines is 1. The minimum Gasteiger partial charge on any atom is -0.381 e. The van der Waals surface area contributed by atoms with Crippen LogP contribution >= 0.6 is 0 Å². The maximum atomic E-state index is 5.44. The molecule has 14 heavy (non-hydrogen) atoms. The Kier molecular flexibility index (Phi) is 3.10. The third-order valence-corrected chi connectivity index (χ3v) is 2.52. The Morgan fingerprint density at radius 1 is 1.43 bits per heavy atom. The largest absolute Gasteiger partial charge is 0.381 e. The smallest absolute Gasteiger partial charge is 0.153 e. The van der Waals surface area contributed by atoms with Gasteiger partial charge in [0, 0.05) is 25.6 Å². The van der Waals surface area contributed by atoms with Crippen LogP contribution in [0.25, 0.3) is 0 Å². The molecule has 0 amide bonds. The van der Waals surface area contributed by atoms with Crippen molar-refractivity contribution in [3.63, 3.8) is 0 Å². The zero-order valence-corrected chi connectivity index (χ0v) is 8.20.